The molecule has 0 aliphatic carbocycles. The number of hydrogen-bond acceptors (Lipinski definition) is 4. The van der Waals surface area contributed by atoms with Crippen molar-refractivity contribution in [2.24, 2.45) is 0 Å². The summed E-state index contributed by atoms with van der Waals surface area (Å²) in [6.45, 7) is 5.84. The molecule has 4 nitrogen and oxygen atoms in total. The monoisotopic (exact) mass is 242 g/mol. The molecule has 5 heteroatoms. The zero-order valence-electron chi connectivity index (χ0n) is 9.44. The average Bonchev–Trinajstić information content (AvgIpc) is 2.62. The van der Waals surface area contributed by atoms with Crippen molar-refractivity contribution in [1.29, 1.82) is 0 Å². The molecule has 0 amide bonds. The smallest absolute Gasteiger partial charge is 0.348 e. The predicted molar refractivity (Wildman–Crippen MR) is 61.3 cm³/mol. The fourth-order valence-electron chi connectivity index (χ4n) is 1.30. The lowest BCUT2D eigenvalue weighted by Gasteiger charge is -2.05. The lowest BCUT2D eigenvalue weighted by Crippen LogP contribution is -2.05. The van der Waals surface area contributed by atoms with Gasteiger partial charge in [-0.1, -0.05) is 13.8 Å². The Morgan fingerprint density at radius 2 is 2.12 bits per heavy atom. The predicted octanol–water partition coefficient (Wildman–Crippen LogP) is 2.75. The molecule has 1 aromatic rings. The van der Waals surface area contributed by atoms with Crippen LogP contribution in [-0.4, -0.2) is 23.7 Å². The molecule has 0 fully saturated rings. The van der Waals surface area contributed by atoms with Crippen molar-refractivity contribution in [3.8, 4) is 0 Å². The van der Waals surface area contributed by atoms with Gasteiger partial charge in [0.05, 0.1) is 6.61 Å². The molecule has 0 atom stereocenters. The Balaban J connectivity index is 3.15. The summed E-state index contributed by atoms with van der Waals surface area (Å²) in [4.78, 5) is 23.0. The summed E-state index contributed by atoms with van der Waals surface area (Å²) in [5, 5.41) is 8.87. The van der Waals surface area contributed by atoms with Crippen molar-refractivity contribution in [1.82, 2.24) is 0 Å². The molecule has 88 valence electrons. The molecule has 1 rings (SSSR count). The third-order valence-corrected chi connectivity index (χ3v) is 3.17. The highest BCUT2D eigenvalue weighted by Gasteiger charge is 2.21. The first-order valence-corrected chi connectivity index (χ1v) is 5.83. The summed E-state index contributed by atoms with van der Waals surface area (Å²) in [7, 11) is 0. The first-order chi connectivity index (χ1) is 7.47. The van der Waals surface area contributed by atoms with Crippen LogP contribution in [0.2, 0.25) is 0 Å². The number of carboxylic acids is 1. The van der Waals surface area contributed by atoms with Crippen LogP contribution in [-0.2, 0) is 4.74 Å². The Bertz CT molecular complexity index is 406. The Labute approximate surface area is 97.9 Å². The fraction of sp³-hybridized carbons (Fsp3) is 0.455. The van der Waals surface area contributed by atoms with Gasteiger partial charge in [-0.2, -0.15) is 0 Å². The zero-order chi connectivity index (χ0) is 12.3. The van der Waals surface area contributed by atoms with Gasteiger partial charge in [-0.05, 0) is 24.5 Å². The molecule has 0 radical (unpaired) electrons. The number of carboxylic acid groups (broad SMARTS) is 1. The molecule has 0 aliphatic rings. The topological polar surface area (TPSA) is 63.6 Å². The number of thiophene rings is 1. The summed E-state index contributed by atoms with van der Waals surface area (Å²) >= 11 is 0.970. The first-order valence-electron chi connectivity index (χ1n) is 5.01. The second kappa shape index (κ2) is 5.12. The van der Waals surface area contributed by atoms with E-state index >= 15 is 0 Å². The van der Waals surface area contributed by atoms with E-state index in [9.17, 15) is 9.59 Å². The molecular formula is C11H14O4S. The maximum atomic E-state index is 11.6. The normalized spacial score (nSPS) is 10.5. The van der Waals surface area contributed by atoms with Crippen LogP contribution in [0.4, 0.5) is 0 Å². The van der Waals surface area contributed by atoms with Gasteiger partial charge in [0, 0.05) is 0 Å². The number of carbonyl (C=O) groups excluding carboxylic acids is 1. The maximum Gasteiger partial charge on any atom is 0.348 e. The minimum atomic E-state index is -1.01. The fourth-order valence-corrected chi connectivity index (χ4v) is 2.34. The Morgan fingerprint density at radius 3 is 2.56 bits per heavy atom. The van der Waals surface area contributed by atoms with Gasteiger partial charge >= 0.3 is 11.9 Å². The number of aromatic carboxylic acids is 1. The third kappa shape index (κ3) is 2.61. The molecular weight excluding hydrogens is 228 g/mol. The third-order valence-electron chi connectivity index (χ3n) is 2.05. The van der Waals surface area contributed by atoms with Crippen LogP contribution < -0.4 is 0 Å². The van der Waals surface area contributed by atoms with E-state index in [0.29, 0.717) is 4.88 Å². The molecule has 16 heavy (non-hydrogen) atoms. The molecule has 0 bridgehead atoms. The summed E-state index contributed by atoms with van der Waals surface area (Å²) in [5.74, 6) is -1.35. The van der Waals surface area contributed by atoms with E-state index in [2.05, 4.69) is 0 Å². The standard InChI is InChI=1S/C11H14O4S/c1-4-15-11(14)9-7(6(2)3)5-8(16-9)10(12)13/h5-6H,4H2,1-3H3,(H,12,13). The first kappa shape index (κ1) is 12.7. The van der Waals surface area contributed by atoms with E-state index in [1.54, 1.807) is 13.0 Å². The van der Waals surface area contributed by atoms with Crippen molar-refractivity contribution in [2.75, 3.05) is 6.61 Å². The van der Waals surface area contributed by atoms with Crippen LogP contribution in [0.1, 0.15) is 51.6 Å². The van der Waals surface area contributed by atoms with Crippen molar-refractivity contribution < 1.29 is 19.4 Å². The lowest BCUT2D eigenvalue weighted by molar-refractivity contribution is 0.0530. The molecule has 1 heterocycles. The van der Waals surface area contributed by atoms with Crippen molar-refractivity contribution in [2.45, 2.75) is 26.7 Å². The quantitative estimate of drug-likeness (QED) is 0.824. The summed E-state index contributed by atoms with van der Waals surface area (Å²) in [5.41, 5.74) is 0.737. The average molecular weight is 242 g/mol. The van der Waals surface area contributed by atoms with Gasteiger partial charge in [-0.3, -0.25) is 0 Å². The molecule has 0 aliphatic heterocycles. The van der Waals surface area contributed by atoms with Crippen LogP contribution in [0.25, 0.3) is 0 Å². The Morgan fingerprint density at radius 1 is 1.50 bits per heavy atom. The van der Waals surface area contributed by atoms with Gasteiger partial charge in [0.25, 0.3) is 0 Å². The van der Waals surface area contributed by atoms with E-state index in [1.165, 1.54) is 0 Å². The Kier molecular flexibility index (Phi) is 4.06. The van der Waals surface area contributed by atoms with Crippen molar-refractivity contribution in [3.63, 3.8) is 0 Å². The molecule has 0 spiro atoms. The zero-order valence-corrected chi connectivity index (χ0v) is 10.3. The van der Waals surface area contributed by atoms with Crippen molar-refractivity contribution in [3.05, 3.63) is 21.4 Å². The molecule has 0 aromatic carbocycles. The number of rotatable bonds is 4. The number of esters is 1. The van der Waals surface area contributed by atoms with Crippen LogP contribution >= 0.6 is 11.3 Å². The minimum Gasteiger partial charge on any atom is -0.477 e. The van der Waals surface area contributed by atoms with E-state index in [1.807, 2.05) is 13.8 Å². The highest BCUT2D eigenvalue weighted by atomic mass is 32.1. The number of ether oxygens (including phenoxy) is 1. The lowest BCUT2D eigenvalue weighted by atomic mass is 10.0. The molecule has 1 aromatic heterocycles. The Hall–Kier alpha value is -1.36. The summed E-state index contributed by atoms with van der Waals surface area (Å²) < 4.78 is 4.89. The van der Waals surface area contributed by atoms with E-state index in [0.717, 1.165) is 16.9 Å². The van der Waals surface area contributed by atoms with Crippen LogP contribution in [0.15, 0.2) is 6.07 Å². The summed E-state index contributed by atoms with van der Waals surface area (Å²) in [6, 6.07) is 1.55. The highest BCUT2D eigenvalue weighted by Crippen LogP contribution is 2.29. The van der Waals surface area contributed by atoms with E-state index in [-0.39, 0.29) is 17.4 Å². The van der Waals surface area contributed by atoms with Crippen LogP contribution in [0.3, 0.4) is 0 Å². The molecule has 1 N–H and O–H groups in total. The largest absolute Gasteiger partial charge is 0.477 e. The molecule has 0 saturated heterocycles. The van der Waals surface area contributed by atoms with Gasteiger partial charge < -0.3 is 9.84 Å². The number of carbonyl (C=O) groups is 2. The SMILES string of the molecule is CCOC(=O)c1sc(C(=O)O)cc1C(C)C. The van der Waals surface area contributed by atoms with Gasteiger partial charge in [0.2, 0.25) is 0 Å². The molecule has 0 saturated carbocycles. The second-order valence-corrected chi connectivity index (χ2v) is 4.63. The van der Waals surface area contributed by atoms with Crippen molar-refractivity contribution >= 4 is 23.3 Å². The molecule has 0 unspecified atom stereocenters. The summed E-state index contributed by atoms with van der Waals surface area (Å²) in [6.07, 6.45) is 0. The maximum absolute atomic E-state index is 11.6. The van der Waals surface area contributed by atoms with E-state index < -0.39 is 11.9 Å². The van der Waals surface area contributed by atoms with Gasteiger partial charge in [-0.15, -0.1) is 11.3 Å². The van der Waals surface area contributed by atoms with Crippen LogP contribution in [0.5, 0.6) is 0 Å². The second-order valence-electron chi connectivity index (χ2n) is 3.58. The van der Waals surface area contributed by atoms with Gasteiger partial charge in [-0.25, -0.2) is 9.59 Å². The van der Waals surface area contributed by atoms with Crippen LogP contribution in [0, 0.1) is 0 Å². The van der Waals surface area contributed by atoms with Gasteiger partial charge in [0.1, 0.15) is 9.75 Å². The highest BCUT2D eigenvalue weighted by molar-refractivity contribution is 7.16. The minimum absolute atomic E-state index is 0.101. The van der Waals surface area contributed by atoms with E-state index in [4.69, 9.17) is 9.84 Å². The van der Waals surface area contributed by atoms with Gasteiger partial charge in [0.15, 0.2) is 0 Å². The number of hydrogen-bond donors (Lipinski definition) is 1.